The summed E-state index contributed by atoms with van der Waals surface area (Å²) in [6, 6.07) is 5.77. The molecule has 124 valence electrons. The van der Waals surface area contributed by atoms with Crippen molar-refractivity contribution < 1.29 is 9.47 Å². The van der Waals surface area contributed by atoms with E-state index in [2.05, 4.69) is 10.00 Å². The van der Waals surface area contributed by atoms with Crippen LogP contribution in [0.2, 0.25) is 0 Å². The first-order valence-corrected chi connectivity index (χ1v) is 7.96. The van der Waals surface area contributed by atoms with E-state index in [9.17, 15) is 0 Å². The maximum atomic E-state index is 6.05. The molecule has 0 spiro atoms. The molecule has 1 saturated heterocycles. The predicted octanol–water partition coefficient (Wildman–Crippen LogP) is 1.69. The molecule has 0 radical (unpaired) electrons. The van der Waals surface area contributed by atoms with Gasteiger partial charge in [0.1, 0.15) is 12.4 Å². The monoisotopic (exact) mass is 316 g/mol. The molecule has 0 unspecified atom stereocenters. The van der Waals surface area contributed by atoms with Crippen molar-refractivity contribution in [1.82, 2.24) is 14.7 Å². The number of ether oxygens (including phenoxy) is 2. The van der Waals surface area contributed by atoms with Crippen molar-refractivity contribution in [2.45, 2.75) is 6.92 Å². The molecule has 0 bridgehead atoms. The smallest absolute Gasteiger partial charge is 0.128 e. The average molecular weight is 316 g/mol. The Morgan fingerprint density at radius 3 is 2.78 bits per heavy atom. The third-order valence-corrected chi connectivity index (χ3v) is 4.15. The van der Waals surface area contributed by atoms with Gasteiger partial charge in [0.05, 0.1) is 25.1 Å². The molecule has 0 aliphatic carbocycles. The number of aromatic nitrogens is 2. The quantitative estimate of drug-likeness (QED) is 0.850. The Bertz CT molecular complexity index is 643. The van der Waals surface area contributed by atoms with Crippen LogP contribution in [0, 0.1) is 6.92 Å². The highest BCUT2D eigenvalue weighted by molar-refractivity contribution is 5.73. The minimum absolute atomic E-state index is 0.647. The van der Waals surface area contributed by atoms with Crippen LogP contribution >= 0.6 is 0 Å². The number of nitrogen functional groups attached to an aromatic ring is 1. The van der Waals surface area contributed by atoms with Gasteiger partial charge in [-0.25, -0.2) is 0 Å². The van der Waals surface area contributed by atoms with E-state index in [0.717, 1.165) is 61.1 Å². The highest BCUT2D eigenvalue weighted by Gasteiger charge is 2.15. The number of benzene rings is 1. The zero-order valence-corrected chi connectivity index (χ0v) is 13.8. The van der Waals surface area contributed by atoms with Gasteiger partial charge in [-0.15, -0.1) is 0 Å². The Kier molecular flexibility index (Phi) is 4.83. The SMILES string of the molecule is Cc1cnn(C)c1-c1cc(N)ccc1OCCN1CCOCC1. The lowest BCUT2D eigenvalue weighted by Gasteiger charge is -2.26. The fourth-order valence-corrected chi connectivity index (χ4v) is 2.90. The van der Waals surface area contributed by atoms with Crippen molar-refractivity contribution in [1.29, 1.82) is 0 Å². The van der Waals surface area contributed by atoms with Gasteiger partial charge in [-0.2, -0.15) is 5.10 Å². The summed E-state index contributed by atoms with van der Waals surface area (Å²) in [6.45, 7) is 7.15. The van der Waals surface area contributed by atoms with Crippen LogP contribution < -0.4 is 10.5 Å². The van der Waals surface area contributed by atoms with Crippen LogP contribution in [0.15, 0.2) is 24.4 Å². The third-order valence-electron chi connectivity index (χ3n) is 4.15. The maximum Gasteiger partial charge on any atom is 0.128 e. The normalized spacial score (nSPS) is 15.7. The number of hydrogen-bond acceptors (Lipinski definition) is 5. The average Bonchev–Trinajstić information content (AvgIpc) is 2.89. The molecule has 0 saturated carbocycles. The van der Waals surface area contributed by atoms with Crippen molar-refractivity contribution in [2.75, 3.05) is 45.2 Å². The van der Waals surface area contributed by atoms with Gasteiger partial charge < -0.3 is 15.2 Å². The number of morpholine rings is 1. The van der Waals surface area contributed by atoms with E-state index in [0.29, 0.717) is 6.61 Å². The van der Waals surface area contributed by atoms with Gasteiger partial charge in [0, 0.05) is 37.9 Å². The maximum absolute atomic E-state index is 6.05. The molecule has 1 aromatic heterocycles. The Hall–Kier alpha value is -2.05. The minimum Gasteiger partial charge on any atom is -0.492 e. The zero-order valence-electron chi connectivity index (χ0n) is 13.8. The first-order valence-electron chi connectivity index (χ1n) is 7.96. The van der Waals surface area contributed by atoms with Crippen molar-refractivity contribution in [2.24, 2.45) is 7.05 Å². The van der Waals surface area contributed by atoms with Crippen LogP contribution in [-0.4, -0.2) is 54.1 Å². The van der Waals surface area contributed by atoms with E-state index in [-0.39, 0.29) is 0 Å². The number of hydrogen-bond donors (Lipinski definition) is 1. The highest BCUT2D eigenvalue weighted by atomic mass is 16.5. The van der Waals surface area contributed by atoms with Gasteiger partial charge in [-0.1, -0.05) is 0 Å². The number of anilines is 1. The standard InChI is InChI=1S/C17H24N4O2/c1-13-12-19-20(2)17(13)15-11-14(18)3-4-16(15)23-10-7-21-5-8-22-9-6-21/h3-4,11-12H,5-10,18H2,1-2H3. The zero-order chi connectivity index (χ0) is 16.2. The van der Waals surface area contributed by atoms with Crippen molar-refractivity contribution in [3.8, 4) is 17.0 Å². The van der Waals surface area contributed by atoms with Gasteiger partial charge in [-0.05, 0) is 30.7 Å². The second-order valence-corrected chi connectivity index (χ2v) is 5.86. The van der Waals surface area contributed by atoms with Gasteiger partial charge in [0.2, 0.25) is 0 Å². The number of aryl methyl sites for hydroxylation is 2. The fraction of sp³-hybridized carbons (Fsp3) is 0.471. The summed E-state index contributed by atoms with van der Waals surface area (Å²) < 4.78 is 13.3. The van der Waals surface area contributed by atoms with Crippen molar-refractivity contribution in [3.05, 3.63) is 30.0 Å². The van der Waals surface area contributed by atoms with Gasteiger partial charge in [0.25, 0.3) is 0 Å². The molecule has 6 heteroatoms. The van der Waals surface area contributed by atoms with Crippen LogP contribution in [0.3, 0.4) is 0 Å². The van der Waals surface area contributed by atoms with E-state index < -0.39 is 0 Å². The number of nitrogens with two attached hydrogens (primary N) is 1. The molecule has 6 nitrogen and oxygen atoms in total. The second kappa shape index (κ2) is 7.02. The largest absolute Gasteiger partial charge is 0.492 e. The van der Waals surface area contributed by atoms with Crippen LogP contribution in [0.25, 0.3) is 11.3 Å². The summed E-state index contributed by atoms with van der Waals surface area (Å²) in [4.78, 5) is 2.36. The van der Waals surface area contributed by atoms with Crippen molar-refractivity contribution >= 4 is 5.69 Å². The Morgan fingerprint density at radius 2 is 2.09 bits per heavy atom. The Labute approximate surface area is 136 Å². The lowest BCUT2D eigenvalue weighted by atomic mass is 10.1. The molecule has 0 amide bonds. The predicted molar refractivity (Wildman–Crippen MR) is 90.5 cm³/mol. The number of nitrogens with zero attached hydrogens (tertiary/aromatic N) is 3. The van der Waals surface area contributed by atoms with E-state index in [4.69, 9.17) is 15.2 Å². The van der Waals surface area contributed by atoms with Crippen molar-refractivity contribution in [3.63, 3.8) is 0 Å². The van der Waals surface area contributed by atoms with E-state index in [1.807, 2.05) is 43.0 Å². The molecule has 2 N–H and O–H groups in total. The topological polar surface area (TPSA) is 65.5 Å². The van der Waals surface area contributed by atoms with Crippen LogP contribution in [-0.2, 0) is 11.8 Å². The van der Waals surface area contributed by atoms with Crippen LogP contribution in [0.4, 0.5) is 5.69 Å². The molecule has 1 aliphatic rings. The van der Waals surface area contributed by atoms with Crippen LogP contribution in [0.5, 0.6) is 5.75 Å². The first kappa shape index (κ1) is 15.8. The van der Waals surface area contributed by atoms with E-state index in [1.165, 1.54) is 0 Å². The first-order chi connectivity index (χ1) is 11.1. The Morgan fingerprint density at radius 1 is 1.30 bits per heavy atom. The summed E-state index contributed by atoms with van der Waals surface area (Å²) in [5.41, 5.74) is 9.83. The summed E-state index contributed by atoms with van der Waals surface area (Å²) in [5, 5.41) is 4.32. The molecule has 3 rings (SSSR count). The van der Waals surface area contributed by atoms with Gasteiger partial charge >= 0.3 is 0 Å². The molecule has 2 heterocycles. The molecular formula is C17H24N4O2. The molecular weight excluding hydrogens is 292 g/mol. The molecule has 1 aromatic carbocycles. The molecule has 0 atom stereocenters. The van der Waals surface area contributed by atoms with Gasteiger partial charge in [0.15, 0.2) is 0 Å². The molecule has 23 heavy (non-hydrogen) atoms. The van der Waals surface area contributed by atoms with E-state index in [1.54, 1.807) is 0 Å². The summed E-state index contributed by atoms with van der Waals surface area (Å²) in [5.74, 6) is 0.846. The minimum atomic E-state index is 0.647. The van der Waals surface area contributed by atoms with Crippen LogP contribution in [0.1, 0.15) is 5.56 Å². The summed E-state index contributed by atoms with van der Waals surface area (Å²) in [7, 11) is 1.93. The molecule has 1 fully saturated rings. The molecule has 1 aliphatic heterocycles. The third kappa shape index (κ3) is 3.65. The fourth-order valence-electron chi connectivity index (χ4n) is 2.90. The van der Waals surface area contributed by atoms with E-state index >= 15 is 0 Å². The highest BCUT2D eigenvalue weighted by Crippen LogP contribution is 2.33. The summed E-state index contributed by atoms with van der Waals surface area (Å²) in [6.07, 6.45) is 1.86. The summed E-state index contributed by atoms with van der Waals surface area (Å²) >= 11 is 0. The lowest BCUT2D eigenvalue weighted by Crippen LogP contribution is -2.38. The lowest BCUT2D eigenvalue weighted by molar-refractivity contribution is 0.0323. The number of rotatable bonds is 5. The Balaban J connectivity index is 1.74. The molecule has 2 aromatic rings. The van der Waals surface area contributed by atoms with Gasteiger partial charge in [-0.3, -0.25) is 9.58 Å². The second-order valence-electron chi connectivity index (χ2n) is 5.86.